The Morgan fingerprint density at radius 2 is 2.07 bits per heavy atom. The van der Waals surface area contributed by atoms with Gasteiger partial charge in [-0.15, -0.1) is 0 Å². The summed E-state index contributed by atoms with van der Waals surface area (Å²) in [5.41, 5.74) is 0.638. The first kappa shape index (κ1) is 10.6. The van der Waals surface area contributed by atoms with Crippen molar-refractivity contribution in [3.8, 4) is 0 Å². The van der Waals surface area contributed by atoms with Gasteiger partial charge in [0.25, 0.3) is 0 Å². The van der Waals surface area contributed by atoms with Crippen molar-refractivity contribution in [2.24, 2.45) is 0 Å². The van der Waals surface area contributed by atoms with Gasteiger partial charge in [-0.3, -0.25) is 0 Å². The van der Waals surface area contributed by atoms with Gasteiger partial charge in [0.05, 0.1) is 22.0 Å². The average Bonchev–Trinajstić information content (AvgIpc) is 3.04. The Hall–Kier alpha value is 0.137. The predicted octanol–water partition coefficient (Wildman–Crippen LogP) is 2.13. The topological polar surface area (TPSA) is 21.8 Å². The van der Waals surface area contributed by atoms with Crippen LogP contribution in [0.25, 0.3) is 0 Å². The molecule has 2 heterocycles. The lowest BCUT2D eigenvalue weighted by atomic mass is 10.3. The summed E-state index contributed by atoms with van der Waals surface area (Å²) in [6, 6.07) is 3.04. The van der Waals surface area contributed by atoms with Gasteiger partial charge in [0.1, 0.15) is 6.10 Å². The monoisotopic (exact) mass is 214 g/mol. The maximum absolute atomic E-state index is 5.99. The smallest absolute Gasteiger partial charge is 0.104 e. The van der Waals surface area contributed by atoms with Gasteiger partial charge in [-0.05, 0) is 6.42 Å². The molecule has 0 aromatic heterocycles. The molecule has 0 bridgehead atoms. The van der Waals surface area contributed by atoms with E-state index in [2.05, 4.69) is 6.92 Å². The summed E-state index contributed by atoms with van der Waals surface area (Å²) < 4.78 is 11.2. The summed E-state index contributed by atoms with van der Waals surface area (Å²) in [7, 11) is -0.550. The minimum absolute atomic E-state index is 0.446. The first-order chi connectivity index (χ1) is 6.90. The second-order valence-corrected chi connectivity index (χ2v) is 8.05. The van der Waals surface area contributed by atoms with Crippen molar-refractivity contribution in [2.75, 3.05) is 13.2 Å². The Labute approximate surface area is 88.6 Å². The average molecular weight is 214 g/mol. The van der Waals surface area contributed by atoms with Crippen molar-refractivity contribution < 1.29 is 9.47 Å². The van der Waals surface area contributed by atoms with Gasteiger partial charge in [0.2, 0.25) is 0 Å². The van der Waals surface area contributed by atoms with Crippen molar-refractivity contribution in [1.29, 1.82) is 0 Å². The van der Waals surface area contributed by atoms with Gasteiger partial charge in [-0.25, -0.2) is 0 Å². The van der Waals surface area contributed by atoms with E-state index < -0.39 is 8.80 Å². The van der Waals surface area contributed by atoms with Gasteiger partial charge in [0.15, 0.2) is 0 Å². The molecule has 0 amide bonds. The maximum atomic E-state index is 5.99. The van der Waals surface area contributed by atoms with Crippen molar-refractivity contribution in [3.63, 3.8) is 0 Å². The highest BCUT2D eigenvalue weighted by Gasteiger charge is 2.28. The third-order valence-corrected chi connectivity index (χ3v) is 7.49. The Morgan fingerprint density at radius 3 is 2.64 bits per heavy atom. The zero-order valence-electron chi connectivity index (χ0n) is 9.21. The Morgan fingerprint density at radius 1 is 1.36 bits per heavy atom. The molecule has 82 valence electrons. The lowest BCUT2D eigenvalue weighted by molar-refractivity contribution is 0.0841. The number of hydrogen-bond donors (Lipinski definition) is 0. The molecule has 0 saturated carbocycles. The van der Waals surface area contributed by atoms with Crippen LogP contribution in [-0.4, -0.2) is 33.8 Å². The van der Waals surface area contributed by atoms with Crippen LogP contribution in [0.5, 0.6) is 0 Å². The van der Waals surface area contributed by atoms with Gasteiger partial charge in [0, 0.05) is 5.73 Å². The minimum atomic E-state index is -0.550. The number of hydrogen-bond acceptors (Lipinski definition) is 2. The molecule has 3 heteroatoms. The van der Waals surface area contributed by atoms with Crippen LogP contribution < -0.4 is 0 Å². The Balaban J connectivity index is 1.71. The van der Waals surface area contributed by atoms with Crippen molar-refractivity contribution in [2.45, 2.75) is 56.5 Å². The molecule has 0 N–H and O–H groups in total. The Bertz CT molecular complexity index is 165. The summed E-state index contributed by atoms with van der Waals surface area (Å²) in [5, 5.41) is 0. The van der Waals surface area contributed by atoms with Crippen molar-refractivity contribution in [1.82, 2.24) is 0 Å². The summed E-state index contributed by atoms with van der Waals surface area (Å²) in [4.78, 5) is 0. The molecule has 14 heavy (non-hydrogen) atoms. The van der Waals surface area contributed by atoms with Crippen LogP contribution in [0.4, 0.5) is 0 Å². The van der Waals surface area contributed by atoms with Crippen molar-refractivity contribution in [3.05, 3.63) is 0 Å². The number of rotatable bonds is 5. The fourth-order valence-electron chi connectivity index (χ4n) is 2.49. The van der Waals surface area contributed by atoms with E-state index >= 15 is 0 Å². The summed E-state index contributed by atoms with van der Waals surface area (Å²) in [6.45, 7) is 4.07. The molecule has 2 aliphatic rings. The van der Waals surface area contributed by atoms with Crippen molar-refractivity contribution >= 4 is 8.80 Å². The van der Waals surface area contributed by atoms with Gasteiger partial charge in [-0.2, -0.15) is 0 Å². The second kappa shape index (κ2) is 5.28. The van der Waals surface area contributed by atoms with Crippen LogP contribution in [0.3, 0.4) is 0 Å². The highest BCUT2D eigenvalue weighted by Crippen LogP contribution is 2.24. The van der Waals surface area contributed by atoms with Gasteiger partial charge < -0.3 is 9.47 Å². The van der Waals surface area contributed by atoms with E-state index in [1.165, 1.54) is 37.8 Å². The molecule has 2 fully saturated rings. The van der Waals surface area contributed by atoms with Gasteiger partial charge >= 0.3 is 0 Å². The predicted molar refractivity (Wildman–Crippen MR) is 60.4 cm³/mol. The zero-order chi connectivity index (χ0) is 9.80. The van der Waals surface area contributed by atoms with E-state index in [4.69, 9.17) is 9.47 Å². The molecular weight excluding hydrogens is 192 g/mol. The van der Waals surface area contributed by atoms with Crippen LogP contribution in [-0.2, 0) is 9.47 Å². The molecule has 2 aliphatic heterocycles. The number of epoxide rings is 1. The van der Waals surface area contributed by atoms with Crippen LogP contribution >= 0.6 is 0 Å². The SMILES string of the molecule is CCC(OCC1CO1)[SiH]1CCCCC1. The molecule has 2 saturated heterocycles. The first-order valence-corrected chi connectivity index (χ1v) is 8.43. The fraction of sp³-hybridized carbons (Fsp3) is 1.00. The largest absolute Gasteiger partial charge is 0.379 e. The second-order valence-electron chi connectivity index (χ2n) is 4.63. The molecule has 0 aromatic rings. The summed E-state index contributed by atoms with van der Waals surface area (Å²) in [6.07, 6.45) is 6.07. The highest BCUT2D eigenvalue weighted by molar-refractivity contribution is 6.60. The lowest BCUT2D eigenvalue weighted by Crippen LogP contribution is -2.35. The molecule has 2 unspecified atom stereocenters. The molecule has 2 atom stereocenters. The third kappa shape index (κ3) is 3.07. The Kier molecular flexibility index (Phi) is 4.02. The molecule has 0 radical (unpaired) electrons. The normalized spacial score (nSPS) is 30.2. The molecular formula is C11H22O2Si. The molecule has 2 rings (SSSR count). The van der Waals surface area contributed by atoms with E-state index in [1.807, 2.05) is 0 Å². The quantitative estimate of drug-likeness (QED) is 0.516. The molecule has 0 aliphatic carbocycles. The fourth-order valence-corrected chi connectivity index (χ4v) is 6.20. The molecule has 0 aromatic carbocycles. The first-order valence-electron chi connectivity index (χ1n) is 6.13. The lowest BCUT2D eigenvalue weighted by Gasteiger charge is -2.28. The minimum Gasteiger partial charge on any atom is -0.379 e. The maximum Gasteiger partial charge on any atom is 0.104 e. The molecule has 0 spiro atoms. The highest BCUT2D eigenvalue weighted by atomic mass is 28.3. The molecule has 2 nitrogen and oxygen atoms in total. The standard InChI is InChI=1S/C11H22O2Si/c1-2-11(13-9-10-8-12-10)14-6-4-3-5-7-14/h10-11,14H,2-9H2,1H3. The summed E-state index contributed by atoms with van der Waals surface area (Å²) >= 11 is 0. The van der Waals surface area contributed by atoms with E-state index in [0.29, 0.717) is 11.8 Å². The van der Waals surface area contributed by atoms with Crippen LogP contribution in [0, 0.1) is 0 Å². The third-order valence-electron chi connectivity index (χ3n) is 3.48. The van der Waals surface area contributed by atoms with E-state index in [0.717, 1.165) is 13.2 Å². The van der Waals surface area contributed by atoms with E-state index in [9.17, 15) is 0 Å². The van der Waals surface area contributed by atoms with Gasteiger partial charge in [-0.1, -0.05) is 38.3 Å². The van der Waals surface area contributed by atoms with E-state index in [-0.39, 0.29) is 0 Å². The van der Waals surface area contributed by atoms with E-state index in [1.54, 1.807) is 0 Å². The van der Waals surface area contributed by atoms with Crippen LogP contribution in [0.15, 0.2) is 0 Å². The summed E-state index contributed by atoms with van der Waals surface area (Å²) in [5.74, 6) is 0. The van der Waals surface area contributed by atoms with Crippen LogP contribution in [0.1, 0.15) is 32.6 Å². The van der Waals surface area contributed by atoms with Crippen LogP contribution in [0.2, 0.25) is 12.1 Å². The number of ether oxygens (including phenoxy) is 2. The zero-order valence-corrected chi connectivity index (χ0v) is 10.4.